The maximum Gasteiger partial charge on any atom is 0.217 e. The van der Waals surface area contributed by atoms with Crippen molar-refractivity contribution in [2.24, 2.45) is 11.1 Å². The number of unbranched alkanes of at least 4 members (excludes halogenated alkanes) is 1. The van der Waals surface area contributed by atoms with Crippen LogP contribution in [0.15, 0.2) is 0 Å². The summed E-state index contributed by atoms with van der Waals surface area (Å²) in [6.45, 7) is 5.59. The molecular weight excluding hydrogens is 190 g/mol. The van der Waals surface area contributed by atoms with Crippen LogP contribution in [0.2, 0.25) is 0 Å². The van der Waals surface area contributed by atoms with Crippen molar-refractivity contribution in [1.82, 2.24) is 5.32 Å². The molecule has 0 aromatic carbocycles. The predicted molar refractivity (Wildman–Crippen MR) is 59.9 cm³/mol. The Balaban J connectivity index is 3.26. The Hall–Kier alpha value is -1.08. The van der Waals surface area contributed by atoms with Gasteiger partial charge in [-0.1, -0.05) is 0 Å². The first kappa shape index (κ1) is 13.9. The zero-order valence-corrected chi connectivity index (χ0v) is 9.68. The molecule has 0 radical (unpaired) electrons. The van der Waals surface area contributed by atoms with E-state index in [9.17, 15) is 4.79 Å². The van der Waals surface area contributed by atoms with Crippen LogP contribution in [0.4, 0.5) is 0 Å². The van der Waals surface area contributed by atoms with Crippen LogP contribution in [0.25, 0.3) is 0 Å². The lowest BCUT2D eigenvalue weighted by Crippen LogP contribution is -2.22. The van der Waals surface area contributed by atoms with Crippen molar-refractivity contribution in [3.8, 4) is 6.07 Å². The van der Waals surface area contributed by atoms with Crippen molar-refractivity contribution in [1.29, 1.82) is 5.26 Å². The third-order valence-electron chi connectivity index (χ3n) is 2.26. The van der Waals surface area contributed by atoms with Crippen LogP contribution in [0, 0.1) is 16.7 Å². The molecule has 0 bridgehead atoms. The number of nitrogens with one attached hydrogen (secondary N) is 1. The lowest BCUT2D eigenvalue weighted by molar-refractivity contribution is -0.118. The molecule has 0 spiro atoms. The Labute approximate surface area is 91.8 Å². The minimum atomic E-state index is -0.250. The number of hydrogen-bond acceptors (Lipinski definition) is 3. The maximum atomic E-state index is 10.4. The molecule has 0 atom stereocenters. The second kappa shape index (κ2) is 7.24. The van der Waals surface area contributed by atoms with E-state index in [0.717, 1.165) is 32.4 Å². The number of primary amides is 1. The Morgan fingerprint density at radius 2 is 2.07 bits per heavy atom. The van der Waals surface area contributed by atoms with Gasteiger partial charge in [0.1, 0.15) is 0 Å². The third kappa shape index (κ3) is 9.23. The van der Waals surface area contributed by atoms with Gasteiger partial charge in [-0.3, -0.25) is 4.79 Å². The molecule has 4 nitrogen and oxygen atoms in total. The fourth-order valence-electron chi connectivity index (χ4n) is 1.13. The highest BCUT2D eigenvalue weighted by Crippen LogP contribution is 2.16. The predicted octanol–water partition coefficient (Wildman–Crippen LogP) is 1.17. The van der Waals surface area contributed by atoms with E-state index in [2.05, 4.69) is 11.4 Å². The van der Waals surface area contributed by atoms with Gasteiger partial charge in [0.05, 0.1) is 11.5 Å². The number of amides is 1. The summed E-state index contributed by atoms with van der Waals surface area (Å²) in [4.78, 5) is 10.4. The van der Waals surface area contributed by atoms with Crippen LogP contribution < -0.4 is 11.1 Å². The molecule has 3 N–H and O–H groups in total. The van der Waals surface area contributed by atoms with Gasteiger partial charge in [-0.25, -0.2) is 0 Å². The van der Waals surface area contributed by atoms with Gasteiger partial charge in [-0.05, 0) is 46.2 Å². The molecule has 0 heterocycles. The third-order valence-corrected chi connectivity index (χ3v) is 2.26. The number of hydrogen-bond donors (Lipinski definition) is 2. The highest BCUT2D eigenvalue weighted by Gasteiger charge is 2.14. The number of nitrogens with zero attached hydrogens (tertiary/aromatic N) is 1. The normalized spacial score (nSPS) is 11.0. The smallest absolute Gasteiger partial charge is 0.217 e. The summed E-state index contributed by atoms with van der Waals surface area (Å²) in [5.41, 5.74) is 4.76. The minimum Gasteiger partial charge on any atom is -0.370 e. The van der Waals surface area contributed by atoms with Crippen molar-refractivity contribution in [3.63, 3.8) is 0 Å². The molecule has 0 aliphatic rings. The molecule has 1 amide bonds. The molecule has 15 heavy (non-hydrogen) atoms. The number of nitrogens with two attached hydrogens (primary N) is 1. The molecule has 0 saturated carbocycles. The van der Waals surface area contributed by atoms with Gasteiger partial charge < -0.3 is 11.1 Å². The van der Waals surface area contributed by atoms with Gasteiger partial charge in [0.2, 0.25) is 5.91 Å². The number of carbonyl (C=O) groups excluding carboxylic acids is 1. The van der Waals surface area contributed by atoms with E-state index in [1.54, 1.807) is 0 Å². The number of rotatable bonds is 8. The Bertz CT molecular complexity index is 230. The van der Waals surface area contributed by atoms with Crippen LogP contribution in [0.3, 0.4) is 0 Å². The molecule has 0 fully saturated rings. The first-order valence-corrected chi connectivity index (χ1v) is 5.38. The Morgan fingerprint density at radius 3 is 2.60 bits per heavy atom. The summed E-state index contributed by atoms with van der Waals surface area (Å²) in [5.74, 6) is -0.236. The SMILES string of the molecule is CC(C)(C#N)CCNCCCCC(N)=O. The van der Waals surface area contributed by atoms with Crippen LogP contribution >= 0.6 is 0 Å². The van der Waals surface area contributed by atoms with Crippen molar-refractivity contribution in [2.45, 2.75) is 39.5 Å². The van der Waals surface area contributed by atoms with Crippen molar-refractivity contribution in [2.75, 3.05) is 13.1 Å². The summed E-state index contributed by atoms with van der Waals surface area (Å²) in [6, 6.07) is 2.26. The van der Waals surface area contributed by atoms with Crippen molar-refractivity contribution in [3.05, 3.63) is 0 Å². The zero-order valence-electron chi connectivity index (χ0n) is 9.68. The van der Waals surface area contributed by atoms with Gasteiger partial charge in [0.25, 0.3) is 0 Å². The average molecular weight is 211 g/mol. The van der Waals surface area contributed by atoms with E-state index < -0.39 is 0 Å². The topological polar surface area (TPSA) is 78.9 Å². The van der Waals surface area contributed by atoms with Gasteiger partial charge >= 0.3 is 0 Å². The molecule has 4 heteroatoms. The highest BCUT2D eigenvalue weighted by atomic mass is 16.1. The molecule has 86 valence electrons. The van der Waals surface area contributed by atoms with E-state index >= 15 is 0 Å². The van der Waals surface area contributed by atoms with E-state index in [1.165, 1.54) is 0 Å². The summed E-state index contributed by atoms with van der Waals surface area (Å²) in [7, 11) is 0. The van der Waals surface area contributed by atoms with Crippen LogP contribution in [-0.2, 0) is 4.79 Å². The van der Waals surface area contributed by atoms with Gasteiger partial charge in [-0.15, -0.1) is 0 Å². The fourth-order valence-corrected chi connectivity index (χ4v) is 1.13. The maximum absolute atomic E-state index is 10.4. The summed E-state index contributed by atoms with van der Waals surface area (Å²) < 4.78 is 0. The van der Waals surface area contributed by atoms with E-state index in [1.807, 2.05) is 13.8 Å². The van der Waals surface area contributed by atoms with E-state index in [4.69, 9.17) is 11.0 Å². The summed E-state index contributed by atoms with van der Waals surface area (Å²) in [6.07, 6.45) is 3.10. The van der Waals surface area contributed by atoms with Gasteiger partial charge in [-0.2, -0.15) is 5.26 Å². The number of carbonyl (C=O) groups is 1. The molecule has 0 rings (SSSR count). The monoisotopic (exact) mass is 211 g/mol. The first-order valence-electron chi connectivity index (χ1n) is 5.38. The van der Waals surface area contributed by atoms with Gasteiger partial charge in [0, 0.05) is 6.42 Å². The fraction of sp³-hybridized carbons (Fsp3) is 0.818. The average Bonchev–Trinajstić information content (AvgIpc) is 2.16. The van der Waals surface area contributed by atoms with E-state index in [-0.39, 0.29) is 11.3 Å². The molecule has 0 unspecified atom stereocenters. The Morgan fingerprint density at radius 1 is 1.40 bits per heavy atom. The molecular formula is C11H21N3O. The van der Waals surface area contributed by atoms with Crippen molar-refractivity contribution < 1.29 is 4.79 Å². The number of nitriles is 1. The molecule has 0 aliphatic carbocycles. The zero-order chi connectivity index (χ0) is 11.7. The molecule has 0 aromatic rings. The van der Waals surface area contributed by atoms with Crippen LogP contribution in [0.5, 0.6) is 0 Å². The summed E-state index contributed by atoms with van der Waals surface area (Å²) in [5, 5.41) is 12.0. The second-order valence-corrected chi connectivity index (χ2v) is 4.42. The largest absolute Gasteiger partial charge is 0.370 e. The summed E-state index contributed by atoms with van der Waals surface area (Å²) >= 11 is 0. The highest BCUT2D eigenvalue weighted by molar-refractivity contribution is 5.73. The van der Waals surface area contributed by atoms with E-state index in [0.29, 0.717) is 6.42 Å². The van der Waals surface area contributed by atoms with Crippen LogP contribution in [0.1, 0.15) is 39.5 Å². The lowest BCUT2D eigenvalue weighted by atomic mass is 9.91. The second-order valence-electron chi connectivity index (χ2n) is 4.42. The minimum absolute atomic E-state index is 0.236. The molecule has 0 aliphatic heterocycles. The first-order chi connectivity index (χ1) is 6.98. The van der Waals surface area contributed by atoms with Gasteiger partial charge in [0.15, 0.2) is 0 Å². The standard InChI is InChI=1S/C11H21N3O/c1-11(2,9-12)6-8-14-7-4-3-5-10(13)15/h14H,3-8H2,1-2H3,(H2,13,15). The van der Waals surface area contributed by atoms with Crippen LogP contribution in [-0.4, -0.2) is 19.0 Å². The Kier molecular flexibility index (Phi) is 6.72. The quantitative estimate of drug-likeness (QED) is 0.591. The lowest BCUT2D eigenvalue weighted by Gasteiger charge is -2.14. The molecule has 0 saturated heterocycles. The molecule has 0 aromatic heterocycles. The van der Waals surface area contributed by atoms with Crippen molar-refractivity contribution >= 4 is 5.91 Å².